The molecule has 1 fully saturated rings. The summed E-state index contributed by atoms with van der Waals surface area (Å²) < 4.78 is 5.22. The second-order valence-corrected chi connectivity index (χ2v) is 6.22. The van der Waals surface area contributed by atoms with Gasteiger partial charge < -0.3 is 20.1 Å². The van der Waals surface area contributed by atoms with Crippen molar-refractivity contribution in [3.63, 3.8) is 0 Å². The lowest BCUT2D eigenvalue weighted by molar-refractivity contribution is 0.0713. The summed E-state index contributed by atoms with van der Waals surface area (Å²) in [5.41, 5.74) is 1.93. The summed E-state index contributed by atoms with van der Waals surface area (Å²) in [5.74, 6) is 1.11. The van der Waals surface area contributed by atoms with Crippen molar-refractivity contribution in [3.05, 3.63) is 35.7 Å². The van der Waals surface area contributed by atoms with E-state index in [2.05, 4.69) is 15.3 Å². The highest BCUT2D eigenvalue weighted by atomic mass is 16.5. The standard InChI is InChI=1S/C18H23N3O3/c1-11-16(18(23)20-14-8-3-4-9-15(14)22)21-17(19-11)12-6-5-7-13(10-12)24-2/h5-7,10,14-15,22H,3-4,8-9H2,1-2H3,(H,19,21)(H,20,23). The van der Waals surface area contributed by atoms with E-state index in [0.29, 0.717) is 17.2 Å². The lowest BCUT2D eigenvalue weighted by Gasteiger charge is -2.28. The number of carbonyl (C=O) groups is 1. The molecule has 0 saturated heterocycles. The van der Waals surface area contributed by atoms with Crippen LogP contribution in [0.5, 0.6) is 5.75 Å². The second-order valence-electron chi connectivity index (χ2n) is 6.22. The number of nitrogens with zero attached hydrogens (tertiary/aromatic N) is 1. The van der Waals surface area contributed by atoms with Crippen molar-refractivity contribution in [2.45, 2.75) is 44.8 Å². The summed E-state index contributed by atoms with van der Waals surface area (Å²) in [6, 6.07) is 7.32. The summed E-state index contributed by atoms with van der Waals surface area (Å²) in [5, 5.41) is 12.9. The molecule has 128 valence electrons. The number of nitrogens with one attached hydrogen (secondary N) is 2. The molecule has 2 unspecified atom stereocenters. The molecule has 24 heavy (non-hydrogen) atoms. The topological polar surface area (TPSA) is 87.2 Å². The highest BCUT2D eigenvalue weighted by molar-refractivity contribution is 5.94. The molecule has 1 aliphatic carbocycles. The van der Waals surface area contributed by atoms with E-state index in [9.17, 15) is 9.90 Å². The number of aliphatic hydroxyl groups is 1. The van der Waals surface area contributed by atoms with Crippen molar-refractivity contribution >= 4 is 5.91 Å². The minimum absolute atomic E-state index is 0.192. The average Bonchev–Trinajstić information content (AvgIpc) is 2.99. The number of aromatic amines is 1. The molecule has 0 bridgehead atoms. The molecule has 2 aromatic rings. The first-order valence-electron chi connectivity index (χ1n) is 8.28. The Morgan fingerprint density at radius 2 is 2.17 bits per heavy atom. The minimum atomic E-state index is -0.472. The molecular weight excluding hydrogens is 306 g/mol. The zero-order chi connectivity index (χ0) is 17.1. The number of imidazole rings is 1. The van der Waals surface area contributed by atoms with E-state index in [0.717, 1.165) is 37.0 Å². The van der Waals surface area contributed by atoms with Crippen LogP contribution in [0.15, 0.2) is 24.3 Å². The first kappa shape index (κ1) is 16.5. The second kappa shape index (κ2) is 7.05. The number of aryl methyl sites for hydroxylation is 1. The van der Waals surface area contributed by atoms with Gasteiger partial charge in [-0.2, -0.15) is 0 Å². The largest absolute Gasteiger partial charge is 0.497 e. The predicted molar refractivity (Wildman–Crippen MR) is 91.0 cm³/mol. The molecule has 0 aliphatic heterocycles. The first-order valence-corrected chi connectivity index (χ1v) is 8.28. The average molecular weight is 329 g/mol. The van der Waals surface area contributed by atoms with Crippen LogP contribution in [-0.4, -0.2) is 40.2 Å². The van der Waals surface area contributed by atoms with Gasteiger partial charge in [0.05, 0.1) is 19.3 Å². The van der Waals surface area contributed by atoms with Gasteiger partial charge in [-0.25, -0.2) is 4.98 Å². The van der Waals surface area contributed by atoms with Gasteiger partial charge in [-0.15, -0.1) is 0 Å². The zero-order valence-corrected chi connectivity index (χ0v) is 14.0. The Kier molecular flexibility index (Phi) is 4.85. The molecule has 1 amide bonds. The maximum Gasteiger partial charge on any atom is 0.272 e. The smallest absolute Gasteiger partial charge is 0.272 e. The monoisotopic (exact) mass is 329 g/mol. The Labute approximate surface area is 141 Å². The van der Waals surface area contributed by atoms with Gasteiger partial charge >= 0.3 is 0 Å². The normalized spacial score (nSPS) is 20.6. The van der Waals surface area contributed by atoms with Crippen LogP contribution in [0.4, 0.5) is 0 Å². The number of amides is 1. The summed E-state index contributed by atoms with van der Waals surface area (Å²) in [6.07, 6.45) is 3.10. The lowest BCUT2D eigenvalue weighted by Crippen LogP contribution is -2.45. The molecule has 3 rings (SSSR count). The fourth-order valence-electron chi connectivity index (χ4n) is 3.10. The number of aliphatic hydroxyl groups excluding tert-OH is 1. The summed E-state index contributed by atoms with van der Waals surface area (Å²) in [7, 11) is 1.61. The molecule has 3 N–H and O–H groups in total. The highest BCUT2D eigenvalue weighted by Gasteiger charge is 2.26. The molecule has 1 saturated carbocycles. The molecule has 2 atom stereocenters. The van der Waals surface area contributed by atoms with Crippen molar-refractivity contribution in [2.75, 3.05) is 7.11 Å². The fraction of sp³-hybridized carbons (Fsp3) is 0.444. The highest BCUT2D eigenvalue weighted by Crippen LogP contribution is 2.23. The van der Waals surface area contributed by atoms with Gasteiger partial charge in [0, 0.05) is 11.3 Å². The third kappa shape index (κ3) is 3.43. The van der Waals surface area contributed by atoms with Crippen LogP contribution in [-0.2, 0) is 0 Å². The van der Waals surface area contributed by atoms with Crippen LogP contribution in [0.2, 0.25) is 0 Å². The summed E-state index contributed by atoms with van der Waals surface area (Å²) in [4.78, 5) is 20.1. The van der Waals surface area contributed by atoms with Crippen molar-refractivity contribution in [1.29, 1.82) is 0 Å². The number of aromatic nitrogens is 2. The Balaban J connectivity index is 1.79. The third-order valence-electron chi connectivity index (χ3n) is 4.49. The Morgan fingerprint density at radius 1 is 1.38 bits per heavy atom. The maximum absolute atomic E-state index is 12.5. The molecular formula is C18H23N3O3. The van der Waals surface area contributed by atoms with Crippen molar-refractivity contribution in [2.24, 2.45) is 0 Å². The van der Waals surface area contributed by atoms with E-state index >= 15 is 0 Å². The van der Waals surface area contributed by atoms with Crippen molar-refractivity contribution < 1.29 is 14.6 Å². The molecule has 1 heterocycles. The minimum Gasteiger partial charge on any atom is -0.497 e. The Morgan fingerprint density at radius 3 is 2.92 bits per heavy atom. The molecule has 0 radical (unpaired) electrons. The lowest BCUT2D eigenvalue weighted by atomic mass is 9.92. The maximum atomic E-state index is 12.5. The fourth-order valence-corrected chi connectivity index (χ4v) is 3.10. The van der Waals surface area contributed by atoms with E-state index in [1.54, 1.807) is 7.11 Å². The molecule has 6 nitrogen and oxygen atoms in total. The van der Waals surface area contributed by atoms with Gasteiger partial charge in [0.2, 0.25) is 0 Å². The quantitative estimate of drug-likeness (QED) is 0.804. The van der Waals surface area contributed by atoms with E-state index in [-0.39, 0.29) is 11.9 Å². The first-order chi connectivity index (χ1) is 11.6. The van der Waals surface area contributed by atoms with Crippen molar-refractivity contribution in [1.82, 2.24) is 15.3 Å². The number of hydrogen-bond acceptors (Lipinski definition) is 4. The third-order valence-corrected chi connectivity index (χ3v) is 4.49. The molecule has 1 aromatic heterocycles. The zero-order valence-electron chi connectivity index (χ0n) is 14.0. The van der Waals surface area contributed by atoms with E-state index in [1.165, 1.54) is 0 Å². The van der Waals surface area contributed by atoms with Crippen LogP contribution in [0.1, 0.15) is 41.9 Å². The Hall–Kier alpha value is -2.34. The van der Waals surface area contributed by atoms with Gasteiger partial charge in [-0.1, -0.05) is 25.0 Å². The predicted octanol–water partition coefficient (Wildman–Crippen LogP) is 2.43. The van der Waals surface area contributed by atoms with Crippen LogP contribution < -0.4 is 10.1 Å². The number of carbonyl (C=O) groups excluding carboxylic acids is 1. The number of benzene rings is 1. The molecule has 0 spiro atoms. The van der Waals surface area contributed by atoms with Crippen LogP contribution >= 0.6 is 0 Å². The van der Waals surface area contributed by atoms with Gasteiger partial charge in [-0.05, 0) is 31.9 Å². The van der Waals surface area contributed by atoms with Gasteiger partial charge in [-0.3, -0.25) is 4.79 Å². The summed E-state index contributed by atoms with van der Waals surface area (Å²) >= 11 is 0. The molecule has 1 aliphatic rings. The van der Waals surface area contributed by atoms with Crippen LogP contribution in [0.3, 0.4) is 0 Å². The van der Waals surface area contributed by atoms with E-state index < -0.39 is 6.10 Å². The Bertz CT molecular complexity index is 726. The van der Waals surface area contributed by atoms with Crippen LogP contribution in [0.25, 0.3) is 11.4 Å². The van der Waals surface area contributed by atoms with Gasteiger partial charge in [0.15, 0.2) is 0 Å². The number of rotatable bonds is 4. The SMILES string of the molecule is COc1cccc(-c2nc(C(=O)NC3CCCCC3O)c(C)[nH]2)c1. The van der Waals surface area contributed by atoms with Gasteiger partial charge in [0.25, 0.3) is 5.91 Å². The number of hydrogen-bond donors (Lipinski definition) is 3. The molecule has 1 aromatic carbocycles. The van der Waals surface area contributed by atoms with Crippen molar-refractivity contribution in [3.8, 4) is 17.1 Å². The number of methoxy groups -OCH3 is 1. The van der Waals surface area contributed by atoms with Gasteiger partial charge in [0.1, 0.15) is 17.3 Å². The summed E-state index contributed by atoms with van der Waals surface area (Å²) in [6.45, 7) is 1.82. The van der Waals surface area contributed by atoms with E-state index in [1.807, 2.05) is 31.2 Å². The van der Waals surface area contributed by atoms with Crippen LogP contribution in [0, 0.1) is 6.92 Å². The number of ether oxygens (including phenoxy) is 1. The number of H-pyrrole nitrogens is 1. The molecule has 6 heteroatoms. The van der Waals surface area contributed by atoms with E-state index in [4.69, 9.17) is 4.74 Å².